The zero-order valence-corrected chi connectivity index (χ0v) is 20.2. The molecule has 6 nitrogen and oxygen atoms in total. The SMILES string of the molecule is Cc1ccc(C)c(CN2C(=O)[C@]3(c4ccccc42)N(c2cccc(C(F)(F)F)c2)C(=O)CS3(=O)=O)c1. The fourth-order valence-electron chi connectivity index (χ4n) is 5.01. The highest BCUT2D eigenvalue weighted by molar-refractivity contribution is 7.94. The Bertz CT molecular complexity index is 1530. The van der Waals surface area contributed by atoms with Crippen molar-refractivity contribution in [2.75, 3.05) is 15.6 Å². The van der Waals surface area contributed by atoms with Gasteiger partial charge in [-0.3, -0.25) is 14.5 Å². The third kappa shape index (κ3) is 3.35. The lowest BCUT2D eigenvalue weighted by molar-refractivity contribution is -0.137. The molecule has 1 fully saturated rings. The van der Waals surface area contributed by atoms with Crippen LogP contribution in [0.2, 0.25) is 0 Å². The first kappa shape index (κ1) is 24.1. The molecule has 2 heterocycles. The van der Waals surface area contributed by atoms with Crippen LogP contribution in [0.25, 0.3) is 0 Å². The Kier molecular flexibility index (Phi) is 5.29. The van der Waals surface area contributed by atoms with E-state index in [0.29, 0.717) is 11.8 Å². The second-order valence-electron chi connectivity index (χ2n) is 9.02. The summed E-state index contributed by atoms with van der Waals surface area (Å²) in [4.78, 5) is 26.8. The largest absolute Gasteiger partial charge is 0.416 e. The van der Waals surface area contributed by atoms with Crippen molar-refractivity contribution in [2.24, 2.45) is 0 Å². The topological polar surface area (TPSA) is 74.8 Å². The average molecular weight is 515 g/mol. The Morgan fingerprint density at radius 3 is 2.39 bits per heavy atom. The minimum Gasteiger partial charge on any atom is -0.304 e. The number of alkyl halides is 3. The summed E-state index contributed by atoms with van der Waals surface area (Å²) in [6.07, 6.45) is -4.73. The quantitative estimate of drug-likeness (QED) is 0.517. The van der Waals surface area contributed by atoms with Gasteiger partial charge in [0.1, 0.15) is 5.75 Å². The number of amides is 2. The van der Waals surface area contributed by atoms with Gasteiger partial charge in [0.05, 0.1) is 17.8 Å². The molecule has 1 spiro atoms. The van der Waals surface area contributed by atoms with Crippen molar-refractivity contribution in [1.29, 1.82) is 0 Å². The molecular weight excluding hydrogens is 493 g/mol. The van der Waals surface area contributed by atoms with Gasteiger partial charge in [0, 0.05) is 11.3 Å². The van der Waals surface area contributed by atoms with E-state index in [-0.39, 0.29) is 17.8 Å². The maximum atomic E-state index is 14.1. The summed E-state index contributed by atoms with van der Waals surface area (Å²) < 4.78 is 67.6. The van der Waals surface area contributed by atoms with Crippen molar-refractivity contribution >= 4 is 33.0 Å². The zero-order chi connectivity index (χ0) is 26.0. The summed E-state index contributed by atoms with van der Waals surface area (Å²) in [6, 6.07) is 15.7. The Balaban J connectivity index is 1.74. The monoisotopic (exact) mass is 514 g/mol. The van der Waals surface area contributed by atoms with Crippen molar-refractivity contribution in [1.82, 2.24) is 0 Å². The summed E-state index contributed by atoms with van der Waals surface area (Å²) in [6.45, 7) is 3.78. The van der Waals surface area contributed by atoms with Crippen molar-refractivity contribution in [3.63, 3.8) is 0 Å². The van der Waals surface area contributed by atoms with Gasteiger partial charge in [-0.25, -0.2) is 8.42 Å². The highest BCUT2D eigenvalue weighted by Gasteiger charge is 2.69. The van der Waals surface area contributed by atoms with Crippen LogP contribution in [-0.2, 0) is 37.0 Å². The predicted octanol–water partition coefficient (Wildman–Crippen LogP) is 4.48. The molecule has 5 rings (SSSR count). The predicted molar refractivity (Wildman–Crippen MR) is 128 cm³/mol. The number of sulfone groups is 1. The molecule has 3 aromatic carbocycles. The van der Waals surface area contributed by atoms with Crippen LogP contribution < -0.4 is 9.80 Å². The maximum Gasteiger partial charge on any atom is 0.416 e. The van der Waals surface area contributed by atoms with E-state index < -0.39 is 44.0 Å². The zero-order valence-electron chi connectivity index (χ0n) is 19.3. The molecule has 0 bridgehead atoms. The molecule has 0 aliphatic carbocycles. The number of carbonyl (C=O) groups excluding carboxylic acids is 2. The van der Waals surface area contributed by atoms with Gasteiger partial charge in [0.25, 0.3) is 10.8 Å². The number of nitrogens with zero attached hydrogens (tertiary/aromatic N) is 2. The number of fused-ring (bicyclic) bond motifs is 2. The number of rotatable bonds is 3. The molecule has 0 radical (unpaired) electrons. The van der Waals surface area contributed by atoms with E-state index in [9.17, 15) is 31.2 Å². The number of carbonyl (C=O) groups is 2. The van der Waals surface area contributed by atoms with E-state index in [1.54, 1.807) is 12.1 Å². The minimum atomic E-state index is -4.73. The number of hydrogen-bond acceptors (Lipinski definition) is 4. The lowest BCUT2D eigenvalue weighted by Gasteiger charge is -2.33. The standard InChI is InChI=1S/C26H21F3N2O4S/c1-16-10-11-17(2)18(12-16)14-30-22-9-4-3-8-21(22)25(24(30)33)31(23(32)15-36(25,34)35)20-7-5-6-19(13-20)26(27,28)29/h3-13H,14-15H2,1-2H3/t25-/m1/s1. The fourth-order valence-corrected chi connectivity index (χ4v) is 7.04. The van der Waals surface area contributed by atoms with Crippen molar-refractivity contribution in [3.05, 3.63) is 94.5 Å². The molecule has 2 amide bonds. The van der Waals surface area contributed by atoms with E-state index in [1.165, 1.54) is 23.1 Å². The highest BCUT2D eigenvalue weighted by Crippen LogP contribution is 2.53. The molecule has 0 unspecified atom stereocenters. The third-order valence-electron chi connectivity index (χ3n) is 6.69. The van der Waals surface area contributed by atoms with Gasteiger partial charge in [0.15, 0.2) is 9.84 Å². The Hall–Kier alpha value is -3.66. The van der Waals surface area contributed by atoms with E-state index in [0.717, 1.165) is 33.7 Å². The summed E-state index contributed by atoms with van der Waals surface area (Å²) in [5, 5.41) is 0. The maximum absolute atomic E-state index is 14.1. The van der Waals surface area contributed by atoms with Crippen molar-refractivity contribution < 1.29 is 31.2 Å². The second-order valence-corrected chi connectivity index (χ2v) is 11.1. The van der Waals surface area contributed by atoms with Crippen LogP contribution >= 0.6 is 0 Å². The summed E-state index contributed by atoms with van der Waals surface area (Å²) in [5.74, 6) is -2.86. The molecule has 10 heteroatoms. The first-order valence-corrected chi connectivity index (χ1v) is 12.7. The lowest BCUT2D eigenvalue weighted by atomic mass is 10.0. The molecular formula is C26H21F3N2O4S. The molecule has 2 aliphatic rings. The van der Waals surface area contributed by atoms with E-state index in [4.69, 9.17) is 0 Å². The summed E-state index contributed by atoms with van der Waals surface area (Å²) in [7, 11) is -4.48. The fraction of sp³-hybridized carbons (Fsp3) is 0.231. The number of hydrogen-bond donors (Lipinski definition) is 0. The molecule has 186 valence electrons. The number of halogens is 3. The van der Waals surface area contributed by atoms with E-state index in [1.807, 2.05) is 32.0 Å². The summed E-state index contributed by atoms with van der Waals surface area (Å²) >= 11 is 0. The number of aryl methyl sites for hydroxylation is 2. The van der Waals surface area contributed by atoms with Gasteiger partial charge < -0.3 is 4.90 Å². The Morgan fingerprint density at radius 1 is 0.944 bits per heavy atom. The lowest BCUT2D eigenvalue weighted by Crippen LogP contribution is -2.54. The third-order valence-corrected chi connectivity index (χ3v) is 8.79. The molecule has 36 heavy (non-hydrogen) atoms. The Labute approximate surface area is 205 Å². The van der Waals surface area contributed by atoms with Gasteiger partial charge in [-0.2, -0.15) is 13.2 Å². The number of para-hydroxylation sites is 1. The molecule has 0 aromatic heterocycles. The number of benzene rings is 3. The van der Waals surface area contributed by atoms with Crippen LogP contribution in [0.4, 0.5) is 24.5 Å². The van der Waals surface area contributed by atoms with E-state index >= 15 is 0 Å². The second kappa shape index (κ2) is 7.92. The first-order valence-electron chi connectivity index (χ1n) is 11.1. The van der Waals surface area contributed by atoms with Gasteiger partial charge in [-0.1, -0.05) is 48.0 Å². The van der Waals surface area contributed by atoms with Crippen LogP contribution in [0.1, 0.15) is 27.8 Å². The molecule has 1 atom stereocenters. The van der Waals surface area contributed by atoms with Crippen LogP contribution in [0.15, 0.2) is 66.7 Å². The molecule has 2 aliphatic heterocycles. The highest BCUT2D eigenvalue weighted by atomic mass is 32.2. The van der Waals surface area contributed by atoms with Gasteiger partial charge >= 0.3 is 6.18 Å². The molecule has 1 saturated heterocycles. The first-order chi connectivity index (χ1) is 16.9. The van der Waals surface area contributed by atoms with Gasteiger partial charge in [-0.15, -0.1) is 0 Å². The molecule has 3 aromatic rings. The van der Waals surface area contributed by atoms with Crippen LogP contribution in [0.3, 0.4) is 0 Å². The van der Waals surface area contributed by atoms with E-state index in [2.05, 4.69) is 0 Å². The molecule has 0 saturated carbocycles. The normalized spacial score (nSPS) is 20.9. The molecule has 0 N–H and O–H groups in total. The smallest absolute Gasteiger partial charge is 0.304 e. The van der Waals surface area contributed by atoms with Crippen LogP contribution in [0.5, 0.6) is 0 Å². The number of anilines is 2. The van der Waals surface area contributed by atoms with Gasteiger partial charge in [-0.05, 0) is 49.2 Å². The van der Waals surface area contributed by atoms with Crippen molar-refractivity contribution in [3.8, 4) is 0 Å². The van der Waals surface area contributed by atoms with Crippen LogP contribution in [0, 0.1) is 13.8 Å². The van der Waals surface area contributed by atoms with Crippen molar-refractivity contribution in [2.45, 2.75) is 31.4 Å². The minimum absolute atomic E-state index is 0.0330. The average Bonchev–Trinajstić information content (AvgIpc) is 3.18. The van der Waals surface area contributed by atoms with Gasteiger partial charge in [0.2, 0.25) is 5.91 Å². The summed E-state index contributed by atoms with van der Waals surface area (Å²) in [5.41, 5.74) is 1.57. The van der Waals surface area contributed by atoms with Crippen LogP contribution in [-0.4, -0.2) is 26.0 Å². The Morgan fingerprint density at radius 2 is 1.67 bits per heavy atom.